The summed E-state index contributed by atoms with van der Waals surface area (Å²) in [5.74, 6) is -3.79. The molecule has 0 rings (SSSR count). The number of ether oxygens (including phenoxy) is 3. The Morgan fingerprint density at radius 2 is 1.21 bits per heavy atom. The van der Waals surface area contributed by atoms with Crippen LogP contribution in [-0.2, 0) is 28.6 Å². The summed E-state index contributed by atoms with van der Waals surface area (Å²) >= 11 is 0. The van der Waals surface area contributed by atoms with Gasteiger partial charge in [-0.2, -0.15) is 26.3 Å². The molecule has 1 atom stereocenters. The second-order valence-electron chi connectivity index (χ2n) is 9.46. The normalized spacial score (nSPS) is 14.0. The van der Waals surface area contributed by atoms with Gasteiger partial charge < -0.3 is 14.2 Å². The van der Waals surface area contributed by atoms with Crippen LogP contribution < -0.4 is 0 Å². The fraction of sp³-hybridized carbons (Fsp3) is 0.864. The van der Waals surface area contributed by atoms with Crippen molar-refractivity contribution in [2.45, 2.75) is 92.1 Å². The second-order valence-corrected chi connectivity index (χ2v) is 9.46. The average Bonchev–Trinajstić information content (AvgIpc) is 2.69. The second kappa shape index (κ2) is 12.6. The Kier molecular flexibility index (Phi) is 11.9. The summed E-state index contributed by atoms with van der Waals surface area (Å²) in [7, 11) is 0. The zero-order valence-corrected chi connectivity index (χ0v) is 20.3. The van der Waals surface area contributed by atoms with Crippen LogP contribution in [0, 0.1) is 16.7 Å². The van der Waals surface area contributed by atoms with Gasteiger partial charge in [-0.1, -0.05) is 54.4 Å². The highest BCUT2D eigenvalue weighted by Gasteiger charge is 2.59. The Morgan fingerprint density at radius 3 is 1.65 bits per heavy atom. The van der Waals surface area contributed by atoms with Gasteiger partial charge in [0.1, 0.15) is 13.2 Å². The fourth-order valence-electron chi connectivity index (χ4n) is 2.81. The van der Waals surface area contributed by atoms with Crippen LogP contribution >= 0.6 is 0 Å². The van der Waals surface area contributed by atoms with Crippen molar-refractivity contribution in [1.29, 1.82) is 0 Å². The van der Waals surface area contributed by atoms with Crippen molar-refractivity contribution in [1.82, 2.24) is 0 Å². The standard InChI is InChI=1S/C22H34F6O6/c1-7-19(3,4)13-14(20(5,6)8-2)17(31)33-12-11-32-15(29)9-10-16(30)34-18(21(23,24)25)22(26,27)28/h14,18H,7-13H2,1-6H3. The van der Waals surface area contributed by atoms with Crippen LogP contribution in [0.5, 0.6) is 0 Å². The third-order valence-electron chi connectivity index (χ3n) is 5.82. The van der Waals surface area contributed by atoms with Gasteiger partial charge in [-0.05, 0) is 17.3 Å². The molecule has 0 aliphatic rings. The van der Waals surface area contributed by atoms with Crippen LogP contribution in [0.4, 0.5) is 26.3 Å². The van der Waals surface area contributed by atoms with Gasteiger partial charge in [0.25, 0.3) is 6.10 Å². The molecule has 0 aliphatic heterocycles. The molecule has 0 saturated carbocycles. The molecule has 0 aromatic heterocycles. The molecule has 1 unspecified atom stereocenters. The predicted molar refractivity (Wildman–Crippen MR) is 109 cm³/mol. The fourth-order valence-corrected chi connectivity index (χ4v) is 2.81. The molecule has 6 nitrogen and oxygen atoms in total. The Balaban J connectivity index is 4.63. The molecule has 0 heterocycles. The van der Waals surface area contributed by atoms with Gasteiger partial charge in [0, 0.05) is 0 Å². The van der Waals surface area contributed by atoms with E-state index in [0.29, 0.717) is 6.42 Å². The zero-order chi connectivity index (χ0) is 27.0. The summed E-state index contributed by atoms with van der Waals surface area (Å²) < 4.78 is 87.7. The Bertz CT molecular complexity index is 670. The van der Waals surface area contributed by atoms with Crippen LogP contribution in [0.2, 0.25) is 0 Å². The molecule has 0 spiro atoms. The number of carbonyl (C=O) groups excluding carboxylic acids is 3. The number of halogens is 6. The lowest BCUT2D eigenvalue weighted by Crippen LogP contribution is -2.45. The Labute approximate surface area is 195 Å². The summed E-state index contributed by atoms with van der Waals surface area (Å²) in [4.78, 5) is 35.6. The summed E-state index contributed by atoms with van der Waals surface area (Å²) in [5.41, 5.74) is -0.445. The van der Waals surface area contributed by atoms with E-state index in [1.807, 2.05) is 41.5 Å². The van der Waals surface area contributed by atoms with Crippen LogP contribution in [0.25, 0.3) is 0 Å². The third kappa shape index (κ3) is 11.4. The van der Waals surface area contributed by atoms with Crippen LogP contribution in [0.1, 0.15) is 73.6 Å². The topological polar surface area (TPSA) is 78.9 Å². The zero-order valence-electron chi connectivity index (χ0n) is 20.3. The first-order chi connectivity index (χ1) is 15.3. The first kappa shape index (κ1) is 32.0. The largest absolute Gasteiger partial charge is 0.462 e. The number of rotatable bonds is 13. The van der Waals surface area contributed by atoms with Crippen LogP contribution in [0.15, 0.2) is 0 Å². The van der Waals surface area contributed by atoms with Crippen molar-refractivity contribution in [3.05, 3.63) is 0 Å². The van der Waals surface area contributed by atoms with Crippen molar-refractivity contribution in [3.63, 3.8) is 0 Å². The smallest absolute Gasteiger partial charge is 0.434 e. The number of hydrogen-bond acceptors (Lipinski definition) is 6. The SMILES string of the molecule is CCC(C)(C)CC(C(=O)OCCOC(=O)CCC(=O)OC(C(F)(F)F)C(F)(F)F)C(C)(C)CC. The number of alkyl halides is 6. The molecule has 200 valence electrons. The molecular formula is C22H34F6O6. The molecule has 0 fully saturated rings. The predicted octanol–water partition coefficient (Wildman–Crippen LogP) is 5.77. The minimum atomic E-state index is -5.84. The van der Waals surface area contributed by atoms with Crippen molar-refractivity contribution in [2.24, 2.45) is 16.7 Å². The van der Waals surface area contributed by atoms with E-state index in [9.17, 15) is 40.7 Å². The van der Waals surface area contributed by atoms with Gasteiger partial charge in [-0.15, -0.1) is 0 Å². The van der Waals surface area contributed by atoms with Gasteiger partial charge >= 0.3 is 30.3 Å². The highest BCUT2D eigenvalue weighted by atomic mass is 19.4. The Morgan fingerprint density at radius 1 is 0.735 bits per heavy atom. The lowest BCUT2D eigenvalue weighted by atomic mass is 9.68. The molecule has 0 N–H and O–H groups in total. The molecule has 0 aromatic carbocycles. The van der Waals surface area contributed by atoms with Crippen molar-refractivity contribution in [3.8, 4) is 0 Å². The lowest BCUT2D eigenvalue weighted by molar-refractivity contribution is -0.313. The minimum absolute atomic E-state index is 0.103. The van der Waals surface area contributed by atoms with Gasteiger partial charge in [0.15, 0.2) is 0 Å². The monoisotopic (exact) mass is 508 g/mol. The van der Waals surface area contributed by atoms with E-state index < -0.39 is 55.1 Å². The summed E-state index contributed by atoms with van der Waals surface area (Å²) in [6.07, 6.45) is -15.6. The van der Waals surface area contributed by atoms with Crippen molar-refractivity contribution < 1.29 is 54.9 Å². The molecule has 0 bridgehead atoms. The first-order valence-electron chi connectivity index (χ1n) is 10.9. The molecular weight excluding hydrogens is 474 g/mol. The summed E-state index contributed by atoms with van der Waals surface area (Å²) in [5, 5.41) is 0. The van der Waals surface area contributed by atoms with Crippen molar-refractivity contribution >= 4 is 17.9 Å². The third-order valence-corrected chi connectivity index (χ3v) is 5.82. The summed E-state index contributed by atoms with van der Waals surface area (Å²) in [6.45, 7) is 11.3. The van der Waals surface area contributed by atoms with E-state index in [1.165, 1.54) is 0 Å². The maximum absolute atomic E-state index is 12.7. The van der Waals surface area contributed by atoms with E-state index in [4.69, 9.17) is 9.47 Å². The highest BCUT2D eigenvalue weighted by Crippen LogP contribution is 2.41. The average molecular weight is 508 g/mol. The number of carbonyl (C=O) groups is 3. The highest BCUT2D eigenvalue weighted by molar-refractivity contribution is 5.77. The number of hydrogen-bond donors (Lipinski definition) is 0. The van der Waals surface area contributed by atoms with E-state index in [-0.39, 0.29) is 24.0 Å². The quantitative estimate of drug-likeness (QED) is 0.136. The summed E-state index contributed by atoms with van der Waals surface area (Å²) in [6, 6.07) is 0. The first-order valence-corrected chi connectivity index (χ1v) is 10.9. The minimum Gasteiger partial charge on any atom is -0.462 e. The lowest BCUT2D eigenvalue weighted by Gasteiger charge is -2.37. The Hall–Kier alpha value is -2.01. The van der Waals surface area contributed by atoms with Gasteiger partial charge in [-0.3, -0.25) is 14.4 Å². The van der Waals surface area contributed by atoms with Gasteiger partial charge in [-0.25, -0.2) is 0 Å². The van der Waals surface area contributed by atoms with Gasteiger partial charge in [0.05, 0.1) is 18.8 Å². The van der Waals surface area contributed by atoms with E-state index >= 15 is 0 Å². The molecule has 0 aliphatic carbocycles. The molecule has 12 heteroatoms. The molecule has 0 radical (unpaired) electrons. The van der Waals surface area contributed by atoms with Crippen LogP contribution in [-0.4, -0.2) is 49.6 Å². The van der Waals surface area contributed by atoms with E-state index in [1.54, 1.807) is 0 Å². The van der Waals surface area contributed by atoms with Crippen molar-refractivity contribution in [2.75, 3.05) is 13.2 Å². The maximum Gasteiger partial charge on any atom is 0.434 e. The van der Waals surface area contributed by atoms with E-state index in [2.05, 4.69) is 4.74 Å². The van der Waals surface area contributed by atoms with Gasteiger partial charge in [0.2, 0.25) is 0 Å². The maximum atomic E-state index is 12.7. The van der Waals surface area contributed by atoms with Crippen LogP contribution in [0.3, 0.4) is 0 Å². The van der Waals surface area contributed by atoms with E-state index in [0.717, 1.165) is 12.8 Å². The molecule has 34 heavy (non-hydrogen) atoms. The molecule has 0 aromatic rings. The molecule has 0 amide bonds. The number of esters is 3. The molecule has 0 saturated heterocycles.